The fourth-order valence-corrected chi connectivity index (χ4v) is 1.82. The zero-order valence-electron chi connectivity index (χ0n) is 8.55. The second-order valence-corrected chi connectivity index (χ2v) is 3.63. The minimum absolute atomic E-state index is 0.0122. The Kier molecular flexibility index (Phi) is 1.90. The van der Waals surface area contributed by atoms with Gasteiger partial charge in [-0.25, -0.2) is 4.68 Å². The van der Waals surface area contributed by atoms with E-state index in [-0.39, 0.29) is 5.56 Å². The van der Waals surface area contributed by atoms with Crippen LogP contribution in [0.15, 0.2) is 59.4 Å². The average Bonchev–Trinajstić information content (AvgIpc) is 2.69. The second kappa shape index (κ2) is 3.38. The average molecular weight is 210 g/mol. The summed E-state index contributed by atoms with van der Waals surface area (Å²) < 4.78 is 1.56. The van der Waals surface area contributed by atoms with Crippen molar-refractivity contribution in [3.05, 3.63) is 65.0 Å². The molecule has 0 saturated heterocycles. The van der Waals surface area contributed by atoms with Gasteiger partial charge in [-0.2, -0.15) is 0 Å². The molecule has 1 N–H and O–H groups in total. The van der Waals surface area contributed by atoms with E-state index in [1.54, 1.807) is 4.68 Å². The van der Waals surface area contributed by atoms with E-state index in [0.29, 0.717) is 5.39 Å². The molecule has 3 nitrogen and oxygen atoms in total. The van der Waals surface area contributed by atoms with Gasteiger partial charge < -0.3 is 0 Å². The third kappa shape index (κ3) is 1.26. The van der Waals surface area contributed by atoms with E-state index in [4.69, 9.17) is 0 Å². The molecule has 0 fully saturated rings. The molecule has 78 valence electrons. The van der Waals surface area contributed by atoms with Crippen LogP contribution in [0.25, 0.3) is 16.6 Å². The van der Waals surface area contributed by atoms with E-state index >= 15 is 0 Å². The largest absolute Gasteiger partial charge is 0.290 e. The molecule has 1 heterocycles. The zero-order valence-corrected chi connectivity index (χ0v) is 8.55. The molecule has 0 amide bonds. The third-order valence-electron chi connectivity index (χ3n) is 2.61. The van der Waals surface area contributed by atoms with Crippen molar-refractivity contribution in [2.24, 2.45) is 0 Å². The van der Waals surface area contributed by atoms with Crippen LogP contribution < -0.4 is 5.56 Å². The number of aromatic amines is 1. The predicted molar refractivity (Wildman–Crippen MR) is 63.9 cm³/mol. The molecule has 2 aromatic carbocycles. The number of fused-ring (bicyclic) bond motifs is 1. The van der Waals surface area contributed by atoms with Gasteiger partial charge in [-0.1, -0.05) is 30.3 Å². The number of hydrogen-bond acceptors (Lipinski definition) is 1. The molecule has 16 heavy (non-hydrogen) atoms. The minimum Gasteiger partial charge on any atom is -0.290 e. The summed E-state index contributed by atoms with van der Waals surface area (Å²) in [4.78, 5) is 12.1. The van der Waals surface area contributed by atoms with Crippen molar-refractivity contribution in [3.8, 4) is 5.69 Å². The van der Waals surface area contributed by atoms with Crippen LogP contribution in [0, 0.1) is 0 Å². The monoisotopic (exact) mass is 210 g/mol. The highest BCUT2D eigenvalue weighted by Gasteiger charge is 2.06. The minimum atomic E-state index is -0.0122. The Morgan fingerprint density at radius 1 is 0.875 bits per heavy atom. The fraction of sp³-hybridized carbons (Fsp3) is 0. The lowest BCUT2D eigenvalue weighted by Gasteiger charge is -1.98. The Balaban J connectivity index is 2.34. The van der Waals surface area contributed by atoms with Gasteiger partial charge in [-0.05, 0) is 24.3 Å². The van der Waals surface area contributed by atoms with Crippen LogP contribution in [-0.4, -0.2) is 9.78 Å². The Labute approximate surface area is 91.9 Å². The van der Waals surface area contributed by atoms with Crippen molar-refractivity contribution in [2.45, 2.75) is 0 Å². The van der Waals surface area contributed by atoms with Crippen LogP contribution in [0.2, 0.25) is 0 Å². The molecule has 0 aliphatic carbocycles. The van der Waals surface area contributed by atoms with E-state index < -0.39 is 0 Å². The van der Waals surface area contributed by atoms with Crippen LogP contribution in [0.3, 0.4) is 0 Å². The van der Waals surface area contributed by atoms with Crippen molar-refractivity contribution < 1.29 is 0 Å². The fourth-order valence-electron chi connectivity index (χ4n) is 1.82. The maximum atomic E-state index is 12.1. The van der Waals surface area contributed by atoms with Crippen molar-refractivity contribution in [2.75, 3.05) is 0 Å². The molecule has 1 aromatic heterocycles. The Morgan fingerprint density at radius 3 is 2.31 bits per heavy atom. The molecule has 3 aromatic rings. The van der Waals surface area contributed by atoms with Gasteiger partial charge in [0, 0.05) is 0 Å². The van der Waals surface area contributed by atoms with Gasteiger partial charge in [0.15, 0.2) is 0 Å². The third-order valence-corrected chi connectivity index (χ3v) is 2.61. The number of rotatable bonds is 1. The van der Waals surface area contributed by atoms with E-state index in [2.05, 4.69) is 5.10 Å². The molecule has 0 unspecified atom stereocenters. The van der Waals surface area contributed by atoms with E-state index in [1.165, 1.54) is 0 Å². The molecule has 3 rings (SSSR count). The maximum Gasteiger partial charge on any atom is 0.279 e. The number of nitrogens with zero attached hydrogens (tertiary/aromatic N) is 1. The van der Waals surface area contributed by atoms with Gasteiger partial charge in [0.2, 0.25) is 0 Å². The number of hydrogen-bond donors (Lipinski definition) is 1. The van der Waals surface area contributed by atoms with E-state index in [1.807, 2.05) is 54.6 Å². The first kappa shape index (κ1) is 8.97. The SMILES string of the molecule is O=c1c2ccccc2[nH]n1-c1ccccc1. The molecule has 0 spiro atoms. The van der Waals surface area contributed by atoms with Crippen molar-refractivity contribution in [1.82, 2.24) is 9.78 Å². The highest BCUT2D eigenvalue weighted by Crippen LogP contribution is 2.09. The van der Waals surface area contributed by atoms with Gasteiger partial charge in [0.1, 0.15) is 0 Å². The molecular weight excluding hydrogens is 200 g/mol. The number of para-hydroxylation sites is 2. The van der Waals surface area contributed by atoms with Gasteiger partial charge in [0.05, 0.1) is 16.6 Å². The van der Waals surface area contributed by atoms with E-state index in [0.717, 1.165) is 11.2 Å². The smallest absolute Gasteiger partial charge is 0.279 e. The summed E-state index contributed by atoms with van der Waals surface area (Å²) in [6.07, 6.45) is 0. The molecule has 0 saturated carbocycles. The molecule has 0 radical (unpaired) electrons. The highest BCUT2D eigenvalue weighted by atomic mass is 16.1. The number of nitrogens with one attached hydrogen (secondary N) is 1. The number of H-pyrrole nitrogens is 1. The summed E-state index contributed by atoms with van der Waals surface area (Å²) in [5.41, 5.74) is 1.70. The molecular formula is C13H10N2O. The standard InChI is InChI=1S/C13H10N2O/c16-13-11-8-4-5-9-12(11)14-15(13)10-6-2-1-3-7-10/h1-9,14H. The van der Waals surface area contributed by atoms with Gasteiger partial charge in [-0.3, -0.25) is 9.89 Å². The quantitative estimate of drug-likeness (QED) is 0.657. The van der Waals surface area contributed by atoms with Gasteiger partial charge in [-0.15, -0.1) is 0 Å². The van der Waals surface area contributed by atoms with Crippen LogP contribution in [0.1, 0.15) is 0 Å². The first-order valence-electron chi connectivity index (χ1n) is 5.11. The van der Waals surface area contributed by atoms with Gasteiger partial charge in [0.25, 0.3) is 5.56 Å². The van der Waals surface area contributed by atoms with Crippen LogP contribution >= 0.6 is 0 Å². The van der Waals surface area contributed by atoms with Crippen LogP contribution in [0.5, 0.6) is 0 Å². The lowest BCUT2D eigenvalue weighted by Crippen LogP contribution is -2.13. The summed E-state index contributed by atoms with van der Waals surface area (Å²) in [6, 6.07) is 17.1. The number of benzene rings is 2. The van der Waals surface area contributed by atoms with Gasteiger partial charge >= 0.3 is 0 Å². The summed E-state index contributed by atoms with van der Waals surface area (Å²) >= 11 is 0. The lowest BCUT2D eigenvalue weighted by molar-refractivity contribution is 0.864. The molecule has 0 aliphatic rings. The first-order chi connectivity index (χ1) is 7.86. The predicted octanol–water partition coefficient (Wildman–Crippen LogP) is 2.32. The topological polar surface area (TPSA) is 37.8 Å². The Hall–Kier alpha value is -2.29. The van der Waals surface area contributed by atoms with Crippen LogP contribution in [-0.2, 0) is 0 Å². The Morgan fingerprint density at radius 2 is 1.56 bits per heavy atom. The Bertz CT molecular complexity index is 680. The molecule has 0 bridgehead atoms. The summed E-state index contributed by atoms with van der Waals surface area (Å²) in [5.74, 6) is 0. The van der Waals surface area contributed by atoms with Crippen molar-refractivity contribution >= 4 is 10.9 Å². The summed E-state index contributed by atoms with van der Waals surface area (Å²) in [5, 5.41) is 3.80. The van der Waals surface area contributed by atoms with Crippen LogP contribution in [0.4, 0.5) is 0 Å². The first-order valence-corrected chi connectivity index (χ1v) is 5.11. The second-order valence-electron chi connectivity index (χ2n) is 3.63. The zero-order chi connectivity index (χ0) is 11.0. The summed E-state index contributed by atoms with van der Waals surface area (Å²) in [7, 11) is 0. The molecule has 3 heteroatoms. The van der Waals surface area contributed by atoms with E-state index in [9.17, 15) is 4.79 Å². The number of aromatic nitrogens is 2. The molecule has 0 atom stereocenters. The van der Waals surface area contributed by atoms with Crippen molar-refractivity contribution in [1.29, 1.82) is 0 Å². The maximum absolute atomic E-state index is 12.1. The van der Waals surface area contributed by atoms with Crippen molar-refractivity contribution in [3.63, 3.8) is 0 Å². The normalized spacial score (nSPS) is 10.8. The molecule has 0 aliphatic heterocycles. The highest BCUT2D eigenvalue weighted by molar-refractivity contribution is 5.78. The lowest BCUT2D eigenvalue weighted by atomic mass is 10.2. The summed E-state index contributed by atoms with van der Waals surface area (Å²) in [6.45, 7) is 0.